The van der Waals surface area contributed by atoms with Crippen LogP contribution in [0.4, 0.5) is 0 Å². The van der Waals surface area contributed by atoms with Gasteiger partial charge in [-0.3, -0.25) is 4.98 Å². The minimum absolute atomic E-state index is 0.197. The molecular formula is C25H34N2O2S. The molecule has 4 nitrogen and oxygen atoms in total. The molecule has 1 N–H and O–H groups in total. The molecule has 2 aromatic rings. The fourth-order valence-corrected chi connectivity index (χ4v) is 7.47. The van der Waals surface area contributed by atoms with Crippen molar-refractivity contribution >= 4 is 11.3 Å². The molecule has 2 saturated carbocycles. The Morgan fingerprint density at radius 2 is 2.00 bits per heavy atom. The summed E-state index contributed by atoms with van der Waals surface area (Å²) in [4.78, 5) is 6.10. The first-order chi connectivity index (χ1) is 14.7. The molecule has 5 heteroatoms. The van der Waals surface area contributed by atoms with Crippen LogP contribution in [0.1, 0.15) is 68.4 Å². The molecule has 30 heavy (non-hydrogen) atoms. The Morgan fingerprint density at radius 3 is 2.77 bits per heavy atom. The Bertz CT molecular complexity index is 838. The molecule has 0 radical (unpaired) electrons. The van der Waals surface area contributed by atoms with E-state index >= 15 is 0 Å². The van der Waals surface area contributed by atoms with Crippen molar-refractivity contribution in [2.75, 3.05) is 20.3 Å². The maximum atomic E-state index is 6.35. The Kier molecular flexibility index (Phi) is 5.63. The van der Waals surface area contributed by atoms with Crippen LogP contribution in [0.3, 0.4) is 0 Å². The third kappa shape index (κ3) is 3.80. The predicted octanol–water partition coefficient (Wildman–Crippen LogP) is 5.47. The topological polar surface area (TPSA) is 43.4 Å². The molecule has 0 unspecified atom stereocenters. The van der Waals surface area contributed by atoms with Crippen molar-refractivity contribution in [3.63, 3.8) is 0 Å². The van der Waals surface area contributed by atoms with E-state index in [0.717, 1.165) is 31.9 Å². The SMILES string of the molecule is COc1ccsc1CNCCC1(c2ccccn2)CC2(CCOC3(CCCC3)C2)C1. The van der Waals surface area contributed by atoms with Gasteiger partial charge in [-0.15, -0.1) is 11.3 Å². The van der Waals surface area contributed by atoms with Crippen molar-refractivity contribution in [2.45, 2.75) is 75.3 Å². The van der Waals surface area contributed by atoms with E-state index in [1.54, 1.807) is 18.4 Å². The molecule has 3 heterocycles. The summed E-state index contributed by atoms with van der Waals surface area (Å²) in [5.41, 5.74) is 2.17. The van der Waals surface area contributed by atoms with Crippen LogP contribution in [-0.2, 0) is 16.7 Å². The summed E-state index contributed by atoms with van der Waals surface area (Å²) < 4.78 is 11.8. The molecule has 1 saturated heterocycles. The average molecular weight is 427 g/mol. The second-order valence-electron chi connectivity index (χ2n) is 9.85. The van der Waals surface area contributed by atoms with Gasteiger partial charge in [-0.25, -0.2) is 0 Å². The van der Waals surface area contributed by atoms with Gasteiger partial charge in [0.2, 0.25) is 0 Å². The molecule has 5 rings (SSSR count). The van der Waals surface area contributed by atoms with Crippen LogP contribution in [0.2, 0.25) is 0 Å². The van der Waals surface area contributed by atoms with Gasteiger partial charge in [-0.05, 0) is 80.5 Å². The molecule has 0 aromatic carbocycles. The van der Waals surface area contributed by atoms with Gasteiger partial charge in [-0.1, -0.05) is 18.9 Å². The first-order valence-electron chi connectivity index (χ1n) is 11.5. The summed E-state index contributed by atoms with van der Waals surface area (Å²) in [6.45, 7) is 2.84. The van der Waals surface area contributed by atoms with Crippen molar-refractivity contribution in [2.24, 2.45) is 5.41 Å². The predicted molar refractivity (Wildman–Crippen MR) is 121 cm³/mol. The van der Waals surface area contributed by atoms with Gasteiger partial charge in [0.05, 0.1) is 17.6 Å². The van der Waals surface area contributed by atoms with E-state index in [9.17, 15) is 0 Å². The van der Waals surface area contributed by atoms with Crippen LogP contribution >= 0.6 is 11.3 Å². The molecule has 1 aliphatic heterocycles. The molecule has 0 atom stereocenters. The maximum Gasteiger partial charge on any atom is 0.134 e. The van der Waals surface area contributed by atoms with Gasteiger partial charge in [-0.2, -0.15) is 0 Å². The quantitative estimate of drug-likeness (QED) is 0.596. The summed E-state index contributed by atoms with van der Waals surface area (Å²) in [5, 5.41) is 5.78. The highest BCUT2D eigenvalue weighted by molar-refractivity contribution is 7.10. The first-order valence-corrected chi connectivity index (χ1v) is 12.4. The highest BCUT2D eigenvalue weighted by Crippen LogP contribution is 2.64. The minimum Gasteiger partial charge on any atom is -0.496 e. The number of pyridine rings is 1. The van der Waals surface area contributed by atoms with Crippen molar-refractivity contribution in [1.82, 2.24) is 10.3 Å². The summed E-state index contributed by atoms with van der Waals surface area (Å²) in [7, 11) is 1.75. The monoisotopic (exact) mass is 426 g/mol. The Balaban J connectivity index is 1.25. The molecule has 3 fully saturated rings. The van der Waals surface area contributed by atoms with Gasteiger partial charge in [0.1, 0.15) is 5.75 Å². The van der Waals surface area contributed by atoms with Crippen LogP contribution < -0.4 is 10.1 Å². The maximum absolute atomic E-state index is 6.35. The van der Waals surface area contributed by atoms with Crippen LogP contribution in [-0.4, -0.2) is 30.8 Å². The van der Waals surface area contributed by atoms with E-state index in [0.29, 0.717) is 5.41 Å². The van der Waals surface area contributed by atoms with E-state index in [-0.39, 0.29) is 11.0 Å². The Labute approximate surface area is 184 Å². The lowest BCUT2D eigenvalue weighted by molar-refractivity contribution is -0.165. The lowest BCUT2D eigenvalue weighted by Gasteiger charge is -2.61. The smallest absolute Gasteiger partial charge is 0.134 e. The van der Waals surface area contributed by atoms with E-state index in [2.05, 4.69) is 28.9 Å². The van der Waals surface area contributed by atoms with Crippen LogP contribution in [0.25, 0.3) is 0 Å². The largest absolute Gasteiger partial charge is 0.496 e. The number of hydrogen-bond acceptors (Lipinski definition) is 5. The normalized spacial score (nSPS) is 29.9. The zero-order chi connectivity index (χ0) is 20.5. The molecule has 2 aromatic heterocycles. The fraction of sp³-hybridized carbons (Fsp3) is 0.640. The first kappa shape index (κ1) is 20.5. The number of aromatic nitrogens is 1. The van der Waals surface area contributed by atoms with Gasteiger partial charge in [0.25, 0.3) is 0 Å². The Morgan fingerprint density at radius 1 is 1.13 bits per heavy atom. The van der Waals surface area contributed by atoms with Gasteiger partial charge in [0, 0.05) is 30.5 Å². The van der Waals surface area contributed by atoms with E-state index in [1.807, 2.05) is 12.3 Å². The number of methoxy groups -OCH3 is 1. The summed E-state index contributed by atoms with van der Waals surface area (Å²) in [5.74, 6) is 0.999. The van der Waals surface area contributed by atoms with Gasteiger partial charge < -0.3 is 14.8 Å². The zero-order valence-electron chi connectivity index (χ0n) is 18.1. The summed E-state index contributed by atoms with van der Waals surface area (Å²) in [6.07, 6.45) is 13.4. The second kappa shape index (κ2) is 8.25. The molecule has 0 bridgehead atoms. The minimum atomic E-state index is 0.197. The van der Waals surface area contributed by atoms with Crippen LogP contribution in [0.5, 0.6) is 5.75 Å². The van der Waals surface area contributed by atoms with E-state index in [1.165, 1.54) is 61.9 Å². The van der Waals surface area contributed by atoms with Crippen molar-refractivity contribution in [3.05, 3.63) is 46.4 Å². The average Bonchev–Trinajstić information content (AvgIpc) is 3.39. The second-order valence-corrected chi connectivity index (χ2v) is 10.9. The lowest BCUT2D eigenvalue weighted by Crippen LogP contribution is -2.57. The van der Waals surface area contributed by atoms with Crippen molar-refractivity contribution < 1.29 is 9.47 Å². The van der Waals surface area contributed by atoms with Gasteiger partial charge >= 0.3 is 0 Å². The third-order valence-electron chi connectivity index (χ3n) is 7.88. The lowest BCUT2D eigenvalue weighted by atomic mass is 9.46. The van der Waals surface area contributed by atoms with E-state index in [4.69, 9.17) is 14.5 Å². The van der Waals surface area contributed by atoms with E-state index < -0.39 is 0 Å². The van der Waals surface area contributed by atoms with Crippen molar-refractivity contribution in [1.29, 1.82) is 0 Å². The number of ether oxygens (including phenoxy) is 2. The number of nitrogens with one attached hydrogen (secondary N) is 1. The number of thiophene rings is 1. The van der Waals surface area contributed by atoms with Crippen LogP contribution in [0, 0.1) is 5.41 Å². The van der Waals surface area contributed by atoms with Crippen LogP contribution in [0.15, 0.2) is 35.8 Å². The highest BCUT2D eigenvalue weighted by atomic mass is 32.1. The summed E-state index contributed by atoms with van der Waals surface area (Å²) in [6, 6.07) is 8.49. The molecule has 2 spiro atoms. The Hall–Kier alpha value is -1.43. The zero-order valence-corrected chi connectivity index (χ0v) is 18.9. The molecule has 3 aliphatic rings. The number of hydrogen-bond donors (Lipinski definition) is 1. The third-order valence-corrected chi connectivity index (χ3v) is 8.78. The number of nitrogens with zero attached hydrogens (tertiary/aromatic N) is 1. The summed E-state index contributed by atoms with van der Waals surface area (Å²) >= 11 is 1.76. The molecule has 2 aliphatic carbocycles. The highest BCUT2D eigenvalue weighted by Gasteiger charge is 2.59. The fourth-order valence-electron chi connectivity index (χ4n) is 6.66. The standard InChI is InChI=1S/C25H34N2O2S/c1-28-20-7-15-30-21(20)16-26-13-10-24(22-6-2-5-12-27-22)17-23(18-24)11-14-29-25(19-23)8-3-4-9-25/h2,5-7,12,15,26H,3-4,8-11,13-14,16-19H2,1H3. The molecule has 162 valence electrons. The number of rotatable bonds is 7. The molecule has 0 amide bonds. The van der Waals surface area contributed by atoms with Gasteiger partial charge in [0.15, 0.2) is 0 Å². The van der Waals surface area contributed by atoms with Crippen molar-refractivity contribution in [3.8, 4) is 5.75 Å². The molecular weight excluding hydrogens is 392 g/mol.